The van der Waals surface area contributed by atoms with Gasteiger partial charge in [0.05, 0.1) is 24.8 Å². The molecule has 4 atom stereocenters. The fraction of sp³-hybridized carbons (Fsp3) is 0.667. The molecule has 0 spiro atoms. The van der Waals surface area contributed by atoms with Crippen LogP contribution in [0.15, 0.2) is 47.0 Å². The van der Waals surface area contributed by atoms with Crippen LogP contribution in [0.3, 0.4) is 0 Å². The molecule has 0 heterocycles. The minimum absolute atomic E-state index is 0.000873. The van der Waals surface area contributed by atoms with Crippen LogP contribution in [-0.2, 0) is 25.5 Å². The Bertz CT molecular complexity index is 1110. The third-order valence-electron chi connectivity index (χ3n) is 8.82. The van der Waals surface area contributed by atoms with Crippen LogP contribution in [0.5, 0.6) is 0 Å². The zero-order chi connectivity index (χ0) is 30.1. The van der Waals surface area contributed by atoms with Crippen molar-refractivity contribution in [2.75, 3.05) is 33.9 Å². The monoisotopic (exact) mass is 567 g/mol. The van der Waals surface area contributed by atoms with Crippen LogP contribution in [0.4, 0.5) is 4.79 Å². The van der Waals surface area contributed by atoms with Gasteiger partial charge in [0.25, 0.3) is 0 Å². The van der Waals surface area contributed by atoms with Crippen molar-refractivity contribution in [3.05, 3.63) is 47.5 Å². The molecule has 0 saturated heterocycles. The predicted molar refractivity (Wildman–Crippen MR) is 161 cm³/mol. The van der Waals surface area contributed by atoms with Gasteiger partial charge in [-0.05, 0) is 87.4 Å². The molecule has 1 aromatic rings. The number of ether oxygens (including phenoxy) is 2. The van der Waals surface area contributed by atoms with Gasteiger partial charge in [0.2, 0.25) is 6.08 Å². The molecule has 2 aliphatic carbocycles. The van der Waals surface area contributed by atoms with E-state index in [1.807, 2.05) is 38.4 Å². The van der Waals surface area contributed by atoms with Crippen LogP contribution in [0.1, 0.15) is 78.2 Å². The highest BCUT2D eigenvalue weighted by Gasteiger charge is 2.42. The molecule has 3 rings (SSSR count). The molecule has 41 heavy (non-hydrogen) atoms. The van der Waals surface area contributed by atoms with E-state index in [4.69, 9.17) is 9.47 Å². The van der Waals surface area contributed by atoms with Crippen LogP contribution < -0.4 is 5.32 Å². The first-order valence-corrected chi connectivity index (χ1v) is 15.0. The third-order valence-corrected chi connectivity index (χ3v) is 8.82. The number of nitrogens with one attached hydrogen (secondary N) is 1. The summed E-state index contributed by atoms with van der Waals surface area (Å²) in [5, 5.41) is 3.00. The first kappa shape index (κ1) is 32.7. The molecule has 2 aliphatic rings. The van der Waals surface area contributed by atoms with Crippen LogP contribution in [0, 0.1) is 10.8 Å². The number of ketones is 1. The quantitative estimate of drug-likeness (QED) is 0.188. The van der Waals surface area contributed by atoms with E-state index in [1.165, 1.54) is 0 Å². The van der Waals surface area contributed by atoms with Gasteiger partial charge in [0.1, 0.15) is 6.61 Å². The Labute approximate surface area is 246 Å². The lowest BCUT2D eigenvalue weighted by Crippen LogP contribution is -2.53. The van der Waals surface area contributed by atoms with Gasteiger partial charge in [0, 0.05) is 6.04 Å². The minimum Gasteiger partial charge on any atom is -0.447 e. The maximum absolute atomic E-state index is 13.8. The second kappa shape index (κ2) is 14.4. The molecular weight excluding hydrogens is 518 g/mol. The van der Waals surface area contributed by atoms with E-state index < -0.39 is 11.6 Å². The number of hydrogen-bond acceptors (Lipinski definition) is 7. The second-order valence-electron chi connectivity index (χ2n) is 13.2. The highest BCUT2D eigenvalue weighted by molar-refractivity contribution is 6.03. The number of hydrogen-bond donors (Lipinski definition) is 1. The molecule has 1 saturated carbocycles. The topological polar surface area (TPSA) is 97.3 Å². The summed E-state index contributed by atoms with van der Waals surface area (Å²) < 4.78 is 11.4. The van der Waals surface area contributed by atoms with Gasteiger partial charge in [-0.25, -0.2) is 14.6 Å². The second-order valence-corrected chi connectivity index (χ2v) is 13.2. The fourth-order valence-corrected chi connectivity index (χ4v) is 7.08. The van der Waals surface area contributed by atoms with Crippen molar-refractivity contribution in [1.29, 1.82) is 0 Å². The molecule has 0 aliphatic heterocycles. The van der Waals surface area contributed by atoms with Crippen molar-refractivity contribution in [3.63, 3.8) is 0 Å². The highest BCUT2D eigenvalue weighted by atomic mass is 16.6. The molecule has 8 heteroatoms. The summed E-state index contributed by atoms with van der Waals surface area (Å²) in [6.07, 6.45) is 9.26. The van der Waals surface area contributed by atoms with Crippen molar-refractivity contribution in [2.24, 2.45) is 15.8 Å². The molecule has 4 unspecified atom stereocenters. The number of benzene rings is 1. The normalized spacial score (nSPS) is 25.4. The van der Waals surface area contributed by atoms with Gasteiger partial charge in [-0.1, -0.05) is 64.1 Å². The first-order chi connectivity index (χ1) is 19.4. The Morgan fingerprint density at radius 2 is 1.88 bits per heavy atom. The summed E-state index contributed by atoms with van der Waals surface area (Å²) >= 11 is 0. The number of alkyl carbamates (subject to hydrolysis) is 1. The van der Waals surface area contributed by atoms with Crippen molar-refractivity contribution in [3.8, 4) is 0 Å². The van der Waals surface area contributed by atoms with E-state index in [1.54, 1.807) is 6.08 Å². The average Bonchev–Trinajstić information content (AvgIpc) is 2.92. The van der Waals surface area contributed by atoms with E-state index in [0.29, 0.717) is 32.4 Å². The van der Waals surface area contributed by atoms with Crippen molar-refractivity contribution < 1.29 is 23.9 Å². The largest absolute Gasteiger partial charge is 0.447 e. The Morgan fingerprint density at radius 3 is 2.49 bits per heavy atom. The summed E-state index contributed by atoms with van der Waals surface area (Å²) in [4.78, 5) is 42.8. The molecule has 0 aromatic heterocycles. The Morgan fingerprint density at radius 1 is 1.15 bits per heavy atom. The van der Waals surface area contributed by atoms with Crippen LogP contribution >= 0.6 is 0 Å². The molecule has 1 aromatic carbocycles. The van der Waals surface area contributed by atoms with E-state index in [-0.39, 0.29) is 35.4 Å². The van der Waals surface area contributed by atoms with Gasteiger partial charge in [-0.2, -0.15) is 0 Å². The highest BCUT2D eigenvalue weighted by Crippen LogP contribution is 2.46. The van der Waals surface area contributed by atoms with Crippen LogP contribution in [0.2, 0.25) is 0 Å². The molecule has 1 N–H and O–H groups in total. The number of rotatable bonds is 13. The maximum atomic E-state index is 13.8. The Hall–Kier alpha value is -2.80. The Balaban J connectivity index is 1.46. The molecule has 1 amide bonds. The van der Waals surface area contributed by atoms with Crippen molar-refractivity contribution in [1.82, 2.24) is 10.2 Å². The third kappa shape index (κ3) is 9.09. The molecule has 1 fully saturated rings. The van der Waals surface area contributed by atoms with Crippen LogP contribution in [0.25, 0.3) is 0 Å². The number of likely N-dealkylation sites (N-methyl/N-ethyl adjacent to an activating group) is 1. The van der Waals surface area contributed by atoms with E-state index in [9.17, 15) is 14.4 Å². The number of carbonyl (C=O) groups excluding carboxylic acids is 3. The molecule has 8 nitrogen and oxygen atoms in total. The maximum Gasteiger partial charge on any atom is 0.407 e. The molecule has 226 valence electrons. The lowest BCUT2D eigenvalue weighted by atomic mass is 9.62. The van der Waals surface area contributed by atoms with Gasteiger partial charge >= 0.3 is 6.09 Å². The summed E-state index contributed by atoms with van der Waals surface area (Å²) in [6, 6.07) is 10.2. The average molecular weight is 568 g/mol. The van der Waals surface area contributed by atoms with Crippen molar-refractivity contribution >= 4 is 18.0 Å². The van der Waals surface area contributed by atoms with Gasteiger partial charge in [-0.3, -0.25) is 9.69 Å². The van der Waals surface area contributed by atoms with Gasteiger partial charge in [-0.15, -0.1) is 0 Å². The van der Waals surface area contributed by atoms with Gasteiger partial charge in [0.15, 0.2) is 5.78 Å². The number of nitrogens with zero attached hydrogens (tertiary/aromatic N) is 2. The number of Topliss-reactive ketones (excluding diaryl/α,β-unsaturated/α-hetero) is 1. The number of isocyanates is 1. The molecular formula is C33H49N3O5. The summed E-state index contributed by atoms with van der Waals surface area (Å²) in [6.45, 7) is 9.42. The van der Waals surface area contributed by atoms with Gasteiger partial charge < -0.3 is 14.8 Å². The summed E-state index contributed by atoms with van der Waals surface area (Å²) in [7, 11) is 3.98. The fourth-order valence-electron chi connectivity index (χ4n) is 7.08. The van der Waals surface area contributed by atoms with E-state index >= 15 is 0 Å². The zero-order valence-corrected chi connectivity index (χ0v) is 25.8. The number of aliphatic imine (C=N–C) groups is 1. The van der Waals surface area contributed by atoms with Crippen molar-refractivity contribution in [2.45, 2.75) is 96.7 Å². The number of amides is 1. The minimum atomic E-state index is -0.575. The summed E-state index contributed by atoms with van der Waals surface area (Å²) in [5.41, 5.74) is 1.32. The lowest BCUT2D eigenvalue weighted by Gasteiger charge is -2.45. The first-order valence-electron chi connectivity index (χ1n) is 15.0. The SMILES string of the molecule is CCC(Cc1ccccc1)(C(=O)C1=CCC(OCCOC(=O)NC2CC(C)(C)CC(C)(CN=C=O)C2)CC1)N(C)C. The Kier molecular flexibility index (Phi) is 11.5. The summed E-state index contributed by atoms with van der Waals surface area (Å²) in [5.74, 6) is 0.201. The lowest BCUT2D eigenvalue weighted by molar-refractivity contribution is -0.126. The number of carbonyl (C=O) groups is 2. The predicted octanol–water partition coefficient (Wildman–Crippen LogP) is 5.65. The molecule has 0 bridgehead atoms. The molecule has 0 radical (unpaired) electrons. The standard InChI is InChI=1S/C33H49N3O5/c1-7-33(36(5)6,19-25-11-9-8-10-12-25)29(38)26-13-15-28(16-14-26)40-17-18-41-30(39)35-27-20-31(2,3)22-32(4,21-27)23-34-24-37/h8-13,27-28H,7,14-23H2,1-6H3,(H,35,39). The van der Waals surface area contributed by atoms with E-state index in [2.05, 4.69) is 55.0 Å². The smallest absolute Gasteiger partial charge is 0.407 e. The zero-order valence-electron chi connectivity index (χ0n) is 25.8. The van der Waals surface area contributed by atoms with E-state index in [0.717, 1.165) is 43.2 Å². The van der Waals surface area contributed by atoms with Crippen LogP contribution in [-0.4, -0.2) is 74.4 Å².